The van der Waals surface area contributed by atoms with Gasteiger partial charge in [0.1, 0.15) is 5.01 Å². The van der Waals surface area contributed by atoms with Gasteiger partial charge in [0, 0.05) is 35.6 Å². The molecule has 5 nitrogen and oxygen atoms in total. The Hall–Kier alpha value is -1.47. The van der Waals surface area contributed by atoms with Crippen molar-refractivity contribution in [1.29, 1.82) is 0 Å². The third-order valence-corrected chi connectivity index (χ3v) is 5.25. The van der Waals surface area contributed by atoms with E-state index < -0.39 is 0 Å². The van der Waals surface area contributed by atoms with E-state index in [0.717, 1.165) is 55.5 Å². The highest BCUT2D eigenvalue weighted by molar-refractivity contribution is 7.13. The van der Waals surface area contributed by atoms with Gasteiger partial charge in [-0.1, -0.05) is 23.7 Å². The summed E-state index contributed by atoms with van der Waals surface area (Å²) >= 11 is 7.45. The highest BCUT2D eigenvalue weighted by atomic mass is 35.5. The van der Waals surface area contributed by atoms with Crippen LogP contribution in [-0.2, 0) is 16.0 Å². The van der Waals surface area contributed by atoms with Crippen LogP contribution in [0.25, 0.3) is 10.6 Å². The van der Waals surface area contributed by atoms with Crippen LogP contribution in [0.3, 0.4) is 0 Å². The number of halogens is 1. The van der Waals surface area contributed by atoms with Crippen LogP contribution in [0, 0.1) is 0 Å². The molecule has 0 radical (unpaired) electrons. The average Bonchev–Trinajstić information content (AvgIpc) is 3.09. The molecule has 7 heteroatoms. The van der Waals surface area contributed by atoms with Gasteiger partial charge in [-0.3, -0.25) is 9.69 Å². The first-order valence-corrected chi connectivity index (χ1v) is 9.73. The summed E-state index contributed by atoms with van der Waals surface area (Å²) in [6.07, 6.45) is 1.28. The van der Waals surface area contributed by atoms with Crippen molar-refractivity contribution in [2.45, 2.75) is 12.8 Å². The van der Waals surface area contributed by atoms with Gasteiger partial charge in [0.05, 0.1) is 25.3 Å². The number of nitrogens with one attached hydrogen (secondary N) is 1. The number of carbonyl (C=O) groups is 1. The van der Waals surface area contributed by atoms with E-state index in [0.29, 0.717) is 18.0 Å². The number of carbonyl (C=O) groups excluding carboxylic acids is 1. The number of ether oxygens (including phenoxy) is 1. The van der Waals surface area contributed by atoms with Gasteiger partial charge in [-0.25, -0.2) is 4.98 Å². The fourth-order valence-electron chi connectivity index (χ4n) is 2.70. The summed E-state index contributed by atoms with van der Waals surface area (Å²) < 4.78 is 5.33. The van der Waals surface area contributed by atoms with E-state index in [9.17, 15) is 4.79 Å². The first kappa shape index (κ1) is 18.3. The molecule has 1 aliphatic rings. The van der Waals surface area contributed by atoms with Gasteiger partial charge in [-0.2, -0.15) is 0 Å². The third kappa shape index (κ3) is 5.78. The molecular weight excluding hydrogens is 358 g/mol. The molecule has 134 valence electrons. The van der Waals surface area contributed by atoms with Gasteiger partial charge in [0.25, 0.3) is 0 Å². The second kappa shape index (κ2) is 9.29. The van der Waals surface area contributed by atoms with Crippen molar-refractivity contribution in [3.05, 3.63) is 40.4 Å². The Balaban J connectivity index is 1.40. The van der Waals surface area contributed by atoms with Crippen molar-refractivity contribution in [2.24, 2.45) is 0 Å². The number of hydrogen-bond donors (Lipinski definition) is 1. The summed E-state index contributed by atoms with van der Waals surface area (Å²) in [5, 5.41) is 6.53. The van der Waals surface area contributed by atoms with Gasteiger partial charge in [-0.05, 0) is 25.1 Å². The minimum absolute atomic E-state index is 0.0231. The van der Waals surface area contributed by atoms with Crippen LogP contribution < -0.4 is 5.32 Å². The molecule has 1 aromatic heterocycles. The normalized spacial score (nSPS) is 15.2. The summed E-state index contributed by atoms with van der Waals surface area (Å²) in [5.41, 5.74) is 1.83. The number of benzene rings is 1. The van der Waals surface area contributed by atoms with E-state index in [1.165, 1.54) is 0 Å². The lowest BCUT2D eigenvalue weighted by atomic mass is 10.2. The van der Waals surface area contributed by atoms with E-state index in [2.05, 4.69) is 15.2 Å². The van der Waals surface area contributed by atoms with Gasteiger partial charge in [0.2, 0.25) is 5.91 Å². The molecule has 0 spiro atoms. The number of nitrogens with zero attached hydrogens (tertiary/aromatic N) is 2. The predicted octanol–water partition coefficient (Wildman–Crippen LogP) is 2.84. The Kier molecular flexibility index (Phi) is 6.81. The fourth-order valence-corrected chi connectivity index (χ4v) is 3.65. The van der Waals surface area contributed by atoms with Gasteiger partial charge >= 0.3 is 0 Å². The van der Waals surface area contributed by atoms with Crippen molar-refractivity contribution in [2.75, 3.05) is 39.4 Å². The molecule has 2 heterocycles. The Morgan fingerprint density at radius 2 is 2.04 bits per heavy atom. The van der Waals surface area contributed by atoms with Crippen LogP contribution in [0.15, 0.2) is 29.6 Å². The lowest BCUT2D eigenvalue weighted by Crippen LogP contribution is -2.38. The number of hydrogen-bond acceptors (Lipinski definition) is 5. The first-order valence-electron chi connectivity index (χ1n) is 8.48. The minimum atomic E-state index is 0.0231. The van der Waals surface area contributed by atoms with Crippen LogP contribution in [0.4, 0.5) is 0 Å². The molecule has 1 amide bonds. The molecule has 3 rings (SSSR count). The van der Waals surface area contributed by atoms with Gasteiger partial charge in [0.15, 0.2) is 0 Å². The van der Waals surface area contributed by atoms with Crippen molar-refractivity contribution in [1.82, 2.24) is 15.2 Å². The number of aromatic nitrogens is 1. The molecule has 1 aliphatic heterocycles. The van der Waals surface area contributed by atoms with E-state index >= 15 is 0 Å². The molecule has 0 unspecified atom stereocenters. The summed E-state index contributed by atoms with van der Waals surface area (Å²) in [5.74, 6) is 0.0231. The Labute approximate surface area is 157 Å². The van der Waals surface area contributed by atoms with E-state index in [4.69, 9.17) is 16.3 Å². The largest absolute Gasteiger partial charge is 0.379 e. The molecule has 2 aromatic rings. The van der Waals surface area contributed by atoms with Crippen molar-refractivity contribution < 1.29 is 9.53 Å². The summed E-state index contributed by atoms with van der Waals surface area (Å²) in [6, 6.07) is 7.57. The quantitative estimate of drug-likeness (QED) is 0.751. The monoisotopic (exact) mass is 379 g/mol. The Morgan fingerprint density at radius 1 is 1.28 bits per heavy atom. The standard InChI is InChI=1S/C18H22ClN3O2S/c19-15-4-2-14(3-5-15)18-21-16(13-25-18)12-17(23)20-6-1-7-22-8-10-24-11-9-22/h2-5,13H,1,6-12H2,(H,20,23). The van der Waals surface area contributed by atoms with E-state index in [1.807, 2.05) is 29.6 Å². The Bertz CT molecular complexity index is 684. The molecule has 1 N–H and O–H groups in total. The first-order chi connectivity index (χ1) is 12.2. The lowest BCUT2D eigenvalue weighted by Gasteiger charge is -2.26. The van der Waals surface area contributed by atoms with Gasteiger partial charge in [-0.15, -0.1) is 11.3 Å². The summed E-state index contributed by atoms with van der Waals surface area (Å²) in [6.45, 7) is 5.30. The lowest BCUT2D eigenvalue weighted by molar-refractivity contribution is -0.120. The molecule has 25 heavy (non-hydrogen) atoms. The van der Waals surface area contributed by atoms with Crippen LogP contribution in [-0.4, -0.2) is 55.2 Å². The zero-order chi connectivity index (χ0) is 17.5. The topological polar surface area (TPSA) is 54.5 Å². The fraction of sp³-hybridized carbons (Fsp3) is 0.444. The molecule has 0 atom stereocenters. The van der Waals surface area contributed by atoms with E-state index in [1.54, 1.807) is 11.3 Å². The SMILES string of the molecule is O=C(Cc1csc(-c2ccc(Cl)cc2)n1)NCCCN1CCOCC1. The molecule has 1 aromatic carbocycles. The second-order valence-electron chi connectivity index (χ2n) is 5.99. The molecule has 0 aliphatic carbocycles. The zero-order valence-corrected chi connectivity index (χ0v) is 15.6. The zero-order valence-electron chi connectivity index (χ0n) is 14.0. The van der Waals surface area contributed by atoms with E-state index in [-0.39, 0.29) is 5.91 Å². The molecule has 0 saturated carbocycles. The van der Waals surface area contributed by atoms with Crippen LogP contribution in [0.1, 0.15) is 12.1 Å². The Morgan fingerprint density at radius 3 is 2.80 bits per heavy atom. The average molecular weight is 380 g/mol. The van der Waals surface area contributed by atoms with Crippen LogP contribution in [0.2, 0.25) is 5.02 Å². The third-order valence-electron chi connectivity index (χ3n) is 4.06. The molecular formula is C18H22ClN3O2S. The smallest absolute Gasteiger partial charge is 0.226 e. The van der Waals surface area contributed by atoms with Crippen LogP contribution >= 0.6 is 22.9 Å². The highest BCUT2D eigenvalue weighted by Crippen LogP contribution is 2.25. The number of rotatable bonds is 7. The van der Waals surface area contributed by atoms with Crippen molar-refractivity contribution in [3.8, 4) is 10.6 Å². The van der Waals surface area contributed by atoms with Crippen molar-refractivity contribution in [3.63, 3.8) is 0 Å². The second-order valence-corrected chi connectivity index (χ2v) is 7.28. The molecule has 1 saturated heterocycles. The maximum absolute atomic E-state index is 12.1. The maximum Gasteiger partial charge on any atom is 0.226 e. The van der Waals surface area contributed by atoms with Gasteiger partial charge < -0.3 is 10.1 Å². The number of thiazole rings is 1. The molecule has 0 bridgehead atoms. The highest BCUT2D eigenvalue weighted by Gasteiger charge is 2.11. The number of morpholine rings is 1. The maximum atomic E-state index is 12.1. The summed E-state index contributed by atoms with van der Waals surface area (Å²) in [4.78, 5) is 19.0. The minimum Gasteiger partial charge on any atom is -0.379 e. The summed E-state index contributed by atoms with van der Waals surface area (Å²) in [7, 11) is 0. The number of amides is 1. The van der Waals surface area contributed by atoms with Crippen LogP contribution in [0.5, 0.6) is 0 Å². The molecule has 1 fully saturated rings. The van der Waals surface area contributed by atoms with Crippen molar-refractivity contribution >= 4 is 28.8 Å². The predicted molar refractivity (Wildman–Crippen MR) is 101 cm³/mol.